The van der Waals surface area contributed by atoms with Gasteiger partial charge in [-0.25, -0.2) is 4.99 Å². The summed E-state index contributed by atoms with van der Waals surface area (Å²) in [5.74, 6) is 0. The molecule has 0 aromatic carbocycles. The SMILES string of the molecule is C[C@@H](N=C=S)[C@@H]1CN(C)CCO1. The van der Waals surface area contributed by atoms with Crippen LogP contribution < -0.4 is 0 Å². The van der Waals surface area contributed by atoms with Crippen LogP contribution in [0, 0.1) is 0 Å². The Morgan fingerprint density at radius 2 is 2.50 bits per heavy atom. The second-order valence-corrected chi connectivity index (χ2v) is 3.32. The van der Waals surface area contributed by atoms with Gasteiger partial charge in [0.05, 0.1) is 23.9 Å². The minimum Gasteiger partial charge on any atom is -0.373 e. The number of isothiocyanates is 1. The predicted molar refractivity (Wildman–Crippen MR) is 51.7 cm³/mol. The van der Waals surface area contributed by atoms with Crippen LogP contribution >= 0.6 is 12.2 Å². The Balaban J connectivity index is 2.44. The van der Waals surface area contributed by atoms with E-state index in [1.165, 1.54) is 0 Å². The molecule has 0 aliphatic carbocycles. The summed E-state index contributed by atoms with van der Waals surface area (Å²) in [4.78, 5) is 6.24. The average Bonchev–Trinajstić information content (AvgIpc) is 2.05. The third kappa shape index (κ3) is 2.64. The molecule has 1 fully saturated rings. The summed E-state index contributed by atoms with van der Waals surface area (Å²) in [6.45, 7) is 4.73. The Morgan fingerprint density at radius 1 is 1.75 bits per heavy atom. The van der Waals surface area contributed by atoms with Gasteiger partial charge in [-0.05, 0) is 26.2 Å². The first-order chi connectivity index (χ1) is 5.74. The Hall–Kier alpha value is -0.280. The molecule has 1 saturated heterocycles. The van der Waals surface area contributed by atoms with Gasteiger partial charge < -0.3 is 9.64 Å². The molecule has 2 atom stereocenters. The lowest BCUT2D eigenvalue weighted by atomic mass is 10.1. The van der Waals surface area contributed by atoms with E-state index in [0.29, 0.717) is 0 Å². The highest BCUT2D eigenvalue weighted by Crippen LogP contribution is 2.09. The van der Waals surface area contributed by atoms with Gasteiger partial charge in [0.15, 0.2) is 0 Å². The van der Waals surface area contributed by atoms with E-state index in [1.807, 2.05) is 6.92 Å². The fraction of sp³-hybridized carbons (Fsp3) is 0.875. The number of ether oxygens (including phenoxy) is 1. The molecule has 0 N–H and O–H groups in total. The predicted octanol–water partition coefficient (Wildman–Crippen LogP) is 0.808. The molecule has 0 aromatic heterocycles. The molecule has 1 rings (SSSR count). The van der Waals surface area contributed by atoms with E-state index in [4.69, 9.17) is 4.74 Å². The summed E-state index contributed by atoms with van der Waals surface area (Å²) in [6, 6.07) is 0.130. The lowest BCUT2D eigenvalue weighted by Gasteiger charge is -2.31. The topological polar surface area (TPSA) is 24.8 Å². The molecule has 1 aliphatic heterocycles. The molecular weight excluding hydrogens is 172 g/mol. The van der Waals surface area contributed by atoms with E-state index in [9.17, 15) is 0 Å². The molecule has 68 valence electrons. The third-order valence-electron chi connectivity index (χ3n) is 2.09. The zero-order valence-electron chi connectivity index (χ0n) is 7.49. The molecule has 0 bridgehead atoms. The number of hydrogen-bond donors (Lipinski definition) is 0. The van der Waals surface area contributed by atoms with Crippen LogP contribution in [-0.2, 0) is 4.74 Å². The standard InChI is InChI=1S/C8H14N2OS/c1-7(9-6-12)8-5-10(2)3-4-11-8/h7-8H,3-5H2,1-2H3/t7-,8+/m1/s1. The van der Waals surface area contributed by atoms with Crippen LogP contribution in [0.5, 0.6) is 0 Å². The van der Waals surface area contributed by atoms with Crippen molar-refractivity contribution in [1.82, 2.24) is 4.90 Å². The van der Waals surface area contributed by atoms with Gasteiger partial charge in [-0.3, -0.25) is 0 Å². The van der Waals surface area contributed by atoms with Gasteiger partial charge in [-0.2, -0.15) is 0 Å². The monoisotopic (exact) mass is 186 g/mol. The maximum absolute atomic E-state index is 5.54. The molecule has 0 saturated carbocycles. The fourth-order valence-electron chi connectivity index (χ4n) is 1.27. The highest BCUT2D eigenvalue weighted by Gasteiger charge is 2.22. The lowest BCUT2D eigenvalue weighted by Crippen LogP contribution is -2.44. The molecule has 0 amide bonds. The summed E-state index contributed by atoms with van der Waals surface area (Å²) in [5, 5.41) is 2.39. The maximum Gasteiger partial charge on any atom is 0.0930 e. The number of hydrogen-bond acceptors (Lipinski definition) is 4. The average molecular weight is 186 g/mol. The Morgan fingerprint density at radius 3 is 3.08 bits per heavy atom. The van der Waals surface area contributed by atoms with E-state index in [1.54, 1.807) is 0 Å². The van der Waals surface area contributed by atoms with Gasteiger partial charge in [0.25, 0.3) is 0 Å². The van der Waals surface area contributed by atoms with E-state index >= 15 is 0 Å². The van der Waals surface area contributed by atoms with Gasteiger partial charge in [-0.15, -0.1) is 0 Å². The summed E-state index contributed by atoms with van der Waals surface area (Å²) in [5.41, 5.74) is 0. The van der Waals surface area contributed by atoms with Crippen molar-refractivity contribution >= 4 is 17.4 Å². The summed E-state index contributed by atoms with van der Waals surface area (Å²) in [7, 11) is 2.09. The van der Waals surface area contributed by atoms with Crippen molar-refractivity contribution in [2.75, 3.05) is 26.7 Å². The van der Waals surface area contributed by atoms with Crippen molar-refractivity contribution in [2.45, 2.75) is 19.1 Å². The summed E-state index contributed by atoms with van der Waals surface area (Å²) < 4.78 is 5.54. The van der Waals surface area contributed by atoms with E-state index in [0.717, 1.165) is 19.7 Å². The van der Waals surface area contributed by atoms with Crippen LogP contribution in [0.2, 0.25) is 0 Å². The molecule has 0 unspecified atom stereocenters. The lowest BCUT2D eigenvalue weighted by molar-refractivity contribution is -0.0285. The van der Waals surface area contributed by atoms with E-state index < -0.39 is 0 Å². The van der Waals surface area contributed by atoms with Gasteiger partial charge in [0, 0.05) is 13.1 Å². The van der Waals surface area contributed by atoms with Crippen molar-refractivity contribution in [2.24, 2.45) is 4.99 Å². The highest BCUT2D eigenvalue weighted by molar-refractivity contribution is 7.78. The van der Waals surface area contributed by atoms with Crippen molar-refractivity contribution in [3.05, 3.63) is 0 Å². The van der Waals surface area contributed by atoms with E-state index in [-0.39, 0.29) is 12.1 Å². The van der Waals surface area contributed by atoms with Gasteiger partial charge in [0.2, 0.25) is 0 Å². The van der Waals surface area contributed by atoms with Crippen molar-refractivity contribution < 1.29 is 4.74 Å². The minimum atomic E-state index is 0.130. The number of rotatable bonds is 2. The van der Waals surface area contributed by atoms with Gasteiger partial charge in [0.1, 0.15) is 0 Å². The van der Waals surface area contributed by atoms with Crippen LogP contribution in [-0.4, -0.2) is 49.0 Å². The Kier molecular flexibility index (Phi) is 3.82. The molecule has 12 heavy (non-hydrogen) atoms. The highest BCUT2D eigenvalue weighted by atomic mass is 32.1. The van der Waals surface area contributed by atoms with Crippen LogP contribution in [0.15, 0.2) is 4.99 Å². The van der Waals surface area contributed by atoms with Crippen LogP contribution in [0.25, 0.3) is 0 Å². The number of nitrogens with zero attached hydrogens (tertiary/aromatic N) is 2. The second-order valence-electron chi connectivity index (χ2n) is 3.13. The molecule has 1 aliphatic rings. The largest absolute Gasteiger partial charge is 0.373 e. The number of aliphatic imine (C=N–C) groups is 1. The quantitative estimate of drug-likeness (QED) is 0.471. The first kappa shape index (κ1) is 9.81. The summed E-state index contributed by atoms with van der Waals surface area (Å²) in [6.07, 6.45) is 0.180. The normalized spacial score (nSPS) is 27.7. The second kappa shape index (κ2) is 4.67. The van der Waals surface area contributed by atoms with Crippen molar-refractivity contribution in [3.8, 4) is 0 Å². The minimum absolute atomic E-state index is 0.130. The van der Waals surface area contributed by atoms with Crippen LogP contribution in [0.4, 0.5) is 0 Å². The van der Waals surface area contributed by atoms with E-state index in [2.05, 4.69) is 34.3 Å². The Labute approximate surface area is 78.4 Å². The van der Waals surface area contributed by atoms with Crippen LogP contribution in [0.1, 0.15) is 6.92 Å². The van der Waals surface area contributed by atoms with Gasteiger partial charge in [-0.1, -0.05) is 0 Å². The molecule has 3 nitrogen and oxygen atoms in total. The number of thiocarbonyl (C=S) groups is 1. The zero-order valence-corrected chi connectivity index (χ0v) is 8.30. The van der Waals surface area contributed by atoms with Gasteiger partial charge >= 0.3 is 0 Å². The molecule has 0 aromatic rings. The molecular formula is C8H14N2OS. The number of morpholine rings is 1. The molecule has 1 heterocycles. The number of likely N-dealkylation sites (N-methyl/N-ethyl adjacent to an activating group) is 1. The Bertz CT molecular complexity index is 191. The smallest absolute Gasteiger partial charge is 0.0930 e. The molecule has 0 spiro atoms. The molecule has 0 radical (unpaired) electrons. The van der Waals surface area contributed by atoms with Crippen LogP contribution in [0.3, 0.4) is 0 Å². The maximum atomic E-state index is 5.54. The van der Waals surface area contributed by atoms with Crippen molar-refractivity contribution in [3.63, 3.8) is 0 Å². The third-order valence-corrected chi connectivity index (χ3v) is 2.20. The summed E-state index contributed by atoms with van der Waals surface area (Å²) >= 11 is 4.54. The molecule has 4 heteroatoms. The first-order valence-electron chi connectivity index (χ1n) is 4.11. The first-order valence-corrected chi connectivity index (χ1v) is 4.52. The zero-order chi connectivity index (χ0) is 8.97. The fourth-order valence-corrected chi connectivity index (χ4v) is 1.44. The van der Waals surface area contributed by atoms with Crippen molar-refractivity contribution in [1.29, 1.82) is 0 Å².